The molecule has 0 fully saturated rings. The molecule has 0 aliphatic heterocycles. The maximum absolute atomic E-state index is 6.20. The van der Waals surface area contributed by atoms with Gasteiger partial charge in [-0.2, -0.15) is 0 Å². The lowest BCUT2D eigenvalue weighted by Gasteiger charge is -2.11. The van der Waals surface area contributed by atoms with Crippen LogP contribution in [0.1, 0.15) is 17.0 Å². The monoisotopic (exact) mass is 396 g/mol. The molecule has 1 heterocycles. The Kier molecular flexibility index (Phi) is 5.06. The molecule has 0 atom stereocenters. The predicted molar refractivity (Wildman–Crippen MR) is 111 cm³/mol. The number of methoxy groups -OCH3 is 1. The van der Waals surface area contributed by atoms with Crippen molar-refractivity contribution in [1.82, 2.24) is 9.55 Å². The summed E-state index contributed by atoms with van der Waals surface area (Å²) in [6.07, 6.45) is 0.736. The highest BCUT2D eigenvalue weighted by Crippen LogP contribution is 2.25. The van der Waals surface area contributed by atoms with Crippen LogP contribution in [0.25, 0.3) is 11.0 Å². The molecule has 0 saturated carbocycles. The van der Waals surface area contributed by atoms with Crippen molar-refractivity contribution in [2.45, 2.75) is 13.0 Å². The normalized spacial score (nSPS) is 11.1. The van der Waals surface area contributed by atoms with Gasteiger partial charge in [-0.15, -0.1) is 0 Å². The van der Waals surface area contributed by atoms with Crippen LogP contribution in [0.5, 0.6) is 5.75 Å². The summed E-state index contributed by atoms with van der Waals surface area (Å²) in [4.78, 5) is 4.86. The molecule has 0 N–H and O–H groups in total. The van der Waals surface area contributed by atoms with Crippen LogP contribution in [-0.4, -0.2) is 16.7 Å². The average Bonchev–Trinajstić information content (AvgIpc) is 3.02. The van der Waals surface area contributed by atoms with Crippen LogP contribution < -0.4 is 4.74 Å². The third-order valence-corrected chi connectivity index (χ3v) is 5.32. The standard InChI is InChI=1S/C22H18Cl2N2O/c1-27-17-9-6-15(7-10-17)13-22-25-20-4-2-3-5-21(20)26(22)14-16-8-11-18(23)19(24)12-16/h2-12H,13-14H2,1H3. The third kappa shape index (κ3) is 3.80. The Morgan fingerprint density at radius 1 is 0.889 bits per heavy atom. The number of ether oxygens (including phenoxy) is 1. The zero-order chi connectivity index (χ0) is 18.8. The summed E-state index contributed by atoms with van der Waals surface area (Å²) < 4.78 is 7.48. The van der Waals surface area contributed by atoms with E-state index in [4.69, 9.17) is 32.9 Å². The molecule has 5 heteroatoms. The van der Waals surface area contributed by atoms with Crippen molar-refractivity contribution < 1.29 is 4.74 Å². The summed E-state index contributed by atoms with van der Waals surface area (Å²) >= 11 is 12.3. The molecule has 27 heavy (non-hydrogen) atoms. The van der Waals surface area contributed by atoms with Gasteiger partial charge in [-0.3, -0.25) is 0 Å². The smallest absolute Gasteiger partial charge is 0.118 e. The van der Waals surface area contributed by atoms with Gasteiger partial charge in [0.1, 0.15) is 11.6 Å². The fraction of sp³-hybridized carbons (Fsp3) is 0.136. The summed E-state index contributed by atoms with van der Waals surface area (Å²) in [5.74, 6) is 1.86. The minimum Gasteiger partial charge on any atom is -0.497 e. The second-order valence-electron chi connectivity index (χ2n) is 6.38. The first kappa shape index (κ1) is 17.9. The molecule has 3 nitrogen and oxygen atoms in total. The van der Waals surface area contributed by atoms with Gasteiger partial charge in [0.15, 0.2) is 0 Å². The number of fused-ring (bicyclic) bond motifs is 1. The zero-order valence-corrected chi connectivity index (χ0v) is 16.3. The van der Waals surface area contributed by atoms with E-state index in [2.05, 4.69) is 22.8 Å². The SMILES string of the molecule is COc1ccc(Cc2nc3ccccc3n2Cc2ccc(Cl)c(Cl)c2)cc1. The first-order valence-corrected chi connectivity index (χ1v) is 9.40. The van der Waals surface area contributed by atoms with Gasteiger partial charge < -0.3 is 9.30 Å². The second-order valence-corrected chi connectivity index (χ2v) is 7.19. The van der Waals surface area contributed by atoms with Crippen LogP contribution in [0, 0.1) is 0 Å². The van der Waals surface area contributed by atoms with Crippen molar-refractivity contribution in [3.05, 3.63) is 93.7 Å². The van der Waals surface area contributed by atoms with Gasteiger partial charge >= 0.3 is 0 Å². The molecule has 0 aliphatic carbocycles. The minimum absolute atomic E-state index is 0.564. The van der Waals surface area contributed by atoms with E-state index in [1.807, 2.05) is 48.5 Å². The Labute approximate surface area is 168 Å². The van der Waals surface area contributed by atoms with Crippen LogP contribution in [0.2, 0.25) is 10.0 Å². The Bertz CT molecular complexity index is 1090. The molecule has 0 amide bonds. The Balaban J connectivity index is 1.73. The van der Waals surface area contributed by atoms with Gasteiger partial charge in [0.25, 0.3) is 0 Å². The van der Waals surface area contributed by atoms with E-state index in [-0.39, 0.29) is 0 Å². The zero-order valence-electron chi connectivity index (χ0n) is 14.8. The van der Waals surface area contributed by atoms with E-state index in [9.17, 15) is 0 Å². The highest BCUT2D eigenvalue weighted by Gasteiger charge is 2.12. The van der Waals surface area contributed by atoms with Gasteiger partial charge in [0.05, 0.1) is 28.2 Å². The molecule has 0 radical (unpaired) electrons. The number of hydrogen-bond donors (Lipinski definition) is 0. The van der Waals surface area contributed by atoms with Crippen LogP contribution in [0.3, 0.4) is 0 Å². The van der Waals surface area contributed by atoms with Crippen molar-refractivity contribution in [1.29, 1.82) is 0 Å². The fourth-order valence-electron chi connectivity index (χ4n) is 3.18. The summed E-state index contributed by atoms with van der Waals surface area (Å²) in [5, 5.41) is 1.13. The summed E-state index contributed by atoms with van der Waals surface area (Å²) in [6.45, 7) is 0.683. The van der Waals surface area contributed by atoms with E-state index < -0.39 is 0 Å². The minimum atomic E-state index is 0.564. The second kappa shape index (κ2) is 7.63. The van der Waals surface area contributed by atoms with E-state index in [1.165, 1.54) is 5.56 Å². The lowest BCUT2D eigenvalue weighted by atomic mass is 10.1. The molecular formula is C22H18Cl2N2O. The lowest BCUT2D eigenvalue weighted by Crippen LogP contribution is -2.06. The first-order valence-electron chi connectivity index (χ1n) is 8.65. The van der Waals surface area contributed by atoms with Crippen molar-refractivity contribution >= 4 is 34.2 Å². The van der Waals surface area contributed by atoms with Crippen molar-refractivity contribution in [3.8, 4) is 5.75 Å². The average molecular weight is 397 g/mol. The molecule has 0 aliphatic rings. The van der Waals surface area contributed by atoms with Crippen LogP contribution >= 0.6 is 23.2 Å². The summed E-state index contributed by atoms with van der Waals surface area (Å²) in [5.41, 5.74) is 4.36. The highest BCUT2D eigenvalue weighted by atomic mass is 35.5. The Morgan fingerprint density at radius 2 is 1.63 bits per heavy atom. The number of halogens is 2. The van der Waals surface area contributed by atoms with Crippen LogP contribution in [-0.2, 0) is 13.0 Å². The van der Waals surface area contributed by atoms with Gasteiger partial charge in [0, 0.05) is 13.0 Å². The van der Waals surface area contributed by atoms with Gasteiger partial charge in [-0.1, -0.05) is 53.5 Å². The lowest BCUT2D eigenvalue weighted by molar-refractivity contribution is 0.414. The molecule has 0 unspecified atom stereocenters. The van der Waals surface area contributed by atoms with Gasteiger partial charge in [0.2, 0.25) is 0 Å². The van der Waals surface area contributed by atoms with E-state index in [0.717, 1.165) is 34.6 Å². The van der Waals surface area contributed by atoms with Crippen molar-refractivity contribution in [3.63, 3.8) is 0 Å². The molecule has 1 aromatic heterocycles. The fourth-order valence-corrected chi connectivity index (χ4v) is 3.50. The number of benzene rings is 3. The summed E-state index contributed by atoms with van der Waals surface area (Å²) in [6, 6.07) is 22.0. The first-order chi connectivity index (χ1) is 13.1. The van der Waals surface area contributed by atoms with Crippen LogP contribution in [0.15, 0.2) is 66.7 Å². The number of rotatable bonds is 5. The maximum atomic E-state index is 6.20. The topological polar surface area (TPSA) is 27.1 Å². The number of nitrogens with zero attached hydrogens (tertiary/aromatic N) is 2. The maximum Gasteiger partial charge on any atom is 0.118 e. The van der Waals surface area contributed by atoms with Crippen LogP contribution in [0.4, 0.5) is 0 Å². The highest BCUT2D eigenvalue weighted by molar-refractivity contribution is 6.42. The Hall–Kier alpha value is -2.49. The van der Waals surface area contributed by atoms with Gasteiger partial charge in [-0.25, -0.2) is 4.98 Å². The number of imidazole rings is 1. The predicted octanol–water partition coefficient (Wildman–Crippen LogP) is 5.99. The van der Waals surface area contributed by atoms with E-state index in [0.29, 0.717) is 16.6 Å². The molecule has 0 bridgehead atoms. The van der Waals surface area contributed by atoms with Gasteiger partial charge in [-0.05, 0) is 47.5 Å². The molecule has 4 aromatic rings. The molecule has 3 aromatic carbocycles. The molecular weight excluding hydrogens is 379 g/mol. The van der Waals surface area contributed by atoms with E-state index in [1.54, 1.807) is 7.11 Å². The van der Waals surface area contributed by atoms with Crippen molar-refractivity contribution in [2.75, 3.05) is 7.11 Å². The number of para-hydroxylation sites is 2. The summed E-state index contributed by atoms with van der Waals surface area (Å²) in [7, 11) is 1.67. The number of aromatic nitrogens is 2. The third-order valence-electron chi connectivity index (χ3n) is 4.58. The largest absolute Gasteiger partial charge is 0.497 e. The Morgan fingerprint density at radius 3 is 2.37 bits per heavy atom. The molecule has 136 valence electrons. The molecule has 0 saturated heterocycles. The van der Waals surface area contributed by atoms with Crippen molar-refractivity contribution in [2.24, 2.45) is 0 Å². The van der Waals surface area contributed by atoms with E-state index >= 15 is 0 Å². The molecule has 0 spiro atoms. The number of hydrogen-bond acceptors (Lipinski definition) is 2. The molecule has 4 rings (SSSR count). The quantitative estimate of drug-likeness (QED) is 0.414.